The van der Waals surface area contributed by atoms with Crippen molar-refractivity contribution in [3.8, 4) is 0 Å². The number of carbonyl (C=O) groups excluding carboxylic acids is 1. The molecule has 0 aliphatic rings. The molecule has 1 amide bonds. The first-order chi connectivity index (χ1) is 8.95. The van der Waals surface area contributed by atoms with Crippen LogP contribution in [0.4, 0.5) is 5.69 Å². The van der Waals surface area contributed by atoms with Crippen LogP contribution in [0, 0.1) is 0 Å². The van der Waals surface area contributed by atoms with Crippen LogP contribution < -0.4 is 10.6 Å². The highest BCUT2D eigenvalue weighted by Gasteiger charge is 2.16. The highest BCUT2D eigenvalue weighted by molar-refractivity contribution is 5.97. The van der Waals surface area contributed by atoms with Gasteiger partial charge in [-0.1, -0.05) is 20.8 Å². The summed E-state index contributed by atoms with van der Waals surface area (Å²) in [7, 11) is 0. The molecule has 0 fully saturated rings. The minimum absolute atomic E-state index is 0.0870. The molecule has 0 saturated heterocycles. The monoisotopic (exact) mass is 264 g/mol. The fourth-order valence-corrected chi connectivity index (χ4v) is 1.57. The number of hydrogen-bond acceptors (Lipinski definition) is 4. The van der Waals surface area contributed by atoms with Crippen molar-refractivity contribution in [3.63, 3.8) is 0 Å². The quantitative estimate of drug-likeness (QED) is 0.828. The zero-order chi connectivity index (χ0) is 14.4. The Morgan fingerprint density at radius 3 is 2.53 bits per heavy atom. The minimum Gasteiger partial charge on any atom is -0.382 e. The van der Waals surface area contributed by atoms with Gasteiger partial charge in [0.1, 0.15) is 5.82 Å². The largest absolute Gasteiger partial charge is 0.382 e. The second-order valence-electron chi connectivity index (χ2n) is 5.20. The van der Waals surface area contributed by atoms with E-state index in [0.29, 0.717) is 17.2 Å². The first kappa shape index (κ1) is 15.4. The number of carbonyl (C=O) groups is 1. The van der Waals surface area contributed by atoms with Crippen LogP contribution in [0.15, 0.2) is 6.20 Å². The van der Waals surface area contributed by atoms with Crippen molar-refractivity contribution in [2.45, 2.75) is 53.0 Å². The first-order valence-corrected chi connectivity index (χ1v) is 6.87. The van der Waals surface area contributed by atoms with Crippen molar-refractivity contribution in [3.05, 3.63) is 17.7 Å². The van der Waals surface area contributed by atoms with E-state index in [1.165, 1.54) is 0 Å². The van der Waals surface area contributed by atoms with Gasteiger partial charge < -0.3 is 10.6 Å². The summed E-state index contributed by atoms with van der Waals surface area (Å²) in [6.07, 6.45) is 2.68. The predicted molar refractivity (Wildman–Crippen MR) is 77.5 cm³/mol. The van der Waals surface area contributed by atoms with E-state index in [1.54, 1.807) is 6.20 Å². The fraction of sp³-hybridized carbons (Fsp3) is 0.643. The Kier molecular flexibility index (Phi) is 5.73. The summed E-state index contributed by atoms with van der Waals surface area (Å²) in [6, 6.07) is 0.0870. The van der Waals surface area contributed by atoms with Gasteiger partial charge in [-0.25, -0.2) is 9.97 Å². The van der Waals surface area contributed by atoms with Crippen LogP contribution >= 0.6 is 0 Å². The molecule has 0 bridgehead atoms. The topological polar surface area (TPSA) is 66.9 Å². The molecule has 0 aliphatic carbocycles. The van der Waals surface area contributed by atoms with Crippen LogP contribution in [-0.2, 0) is 0 Å². The molecular weight excluding hydrogens is 240 g/mol. The number of hydrogen-bond donors (Lipinski definition) is 2. The third-order valence-electron chi connectivity index (χ3n) is 2.52. The molecular formula is C14H24N4O. The Labute approximate surface area is 115 Å². The molecule has 5 heteroatoms. The predicted octanol–water partition coefficient (Wildman–Crippen LogP) is 2.56. The molecule has 0 atom stereocenters. The maximum atomic E-state index is 12.2. The third-order valence-corrected chi connectivity index (χ3v) is 2.52. The number of aromatic nitrogens is 2. The van der Waals surface area contributed by atoms with Gasteiger partial charge in [0.15, 0.2) is 5.69 Å². The van der Waals surface area contributed by atoms with Crippen molar-refractivity contribution in [2.24, 2.45) is 0 Å². The average molecular weight is 264 g/mol. The molecule has 0 radical (unpaired) electrons. The molecule has 19 heavy (non-hydrogen) atoms. The summed E-state index contributed by atoms with van der Waals surface area (Å²) in [4.78, 5) is 20.9. The third kappa shape index (κ3) is 4.50. The lowest BCUT2D eigenvalue weighted by Gasteiger charge is -2.14. The summed E-state index contributed by atoms with van der Waals surface area (Å²) in [5.41, 5.74) is 1.13. The summed E-state index contributed by atoms with van der Waals surface area (Å²) < 4.78 is 0. The van der Waals surface area contributed by atoms with Gasteiger partial charge >= 0.3 is 0 Å². The Morgan fingerprint density at radius 2 is 2.00 bits per heavy atom. The Bertz CT molecular complexity index is 429. The normalized spacial score (nSPS) is 10.9. The van der Waals surface area contributed by atoms with Gasteiger partial charge in [0.2, 0.25) is 0 Å². The van der Waals surface area contributed by atoms with Crippen LogP contribution in [0.2, 0.25) is 0 Å². The molecule has 0 saturated carbocycles. The first-order valence-electron chi connectivity index (χ1n) is 6.87. The highest BCUT2D eigenvalue weighted by Crippen LogP contribution is 2.16. The van der Waals surface area contributed by atoms with E-state index in [-0.39, 0.29) is 17.9 Å². The molecule has 1 aromatic heterocycles. The molecule has 1 aromatic rings. The standard InChI is InChI=1S/C14H24N4O/c1-6-7-15-11-8-16-13(9(2)3)18-12(11)14(19)17-10(4)5/h8-10,15H,6-7H2,1-5H3,(H,17,19). The average Bonchev–Trinajstić information content (AvgIpc) is 2.35. The molecule has 0 aromatic carbocycles. The lowest BCUT2D eigenvalue weighted by atomic mass is 10.2. The van der Waals surface area contributed by atoms with Gasteiger partial charge in [-0.3, -0.25) is 4.79 Å². The maximum Gasteiger partial charge on any atom is 0.272 e. The van der Waals surface area contributed by atoms with E-state index >= 15 is 0 Å². The van der Waals surface area contributed by atoms with Crippen LogP contribution in [0.3, 0.4) is 0 Å². The van der Waals surface area contributed by atoms with Gasteiger partial charge in [-0.2, -0.15) is 0 Å². The molecule has 2 N–H and O–H groups in total. The second-order valence-corrected chi connectivity index (χ2v) is 5.20. The highest BCUT2D eigenvalue weighted by atomic mass is 16.2. The zero-order valence-corrected chi connectivity index (χ0v) is 12.4. The Hall–Kier alpha value is -1.65. The van der Waals surface area contributed by atoms with Crippen LogP contribution in [-0.4, -0.2) is 28.5 Å². The molecule has 106 valence electrons. The minimum atomic E-state index is -0.155. The number of nitrogens with one attached hydrogen (secondary N) is 2. The summed E-state index contributed by atoms with van der Waals surface area (Å²) >= 11 is 0. The second kappa shape index (κ2) is 7.07. The van der Waals surface area contributed by atoms with Gasteiger partial charge in [0, 0.05) is 18.5 Å². The summed E-state index contributed by atoms with van der Waals surface area (Å²) in [5.74, 6) is 0.736. The Balaban J connectivity index is 3.06. The molecule has 0 unspecified atom stereocenters. The van der Waals surface area contributed by atoms with E-state index < -0.39 is 0 Å². The van der Waals surface area contributed by atoms with Gasteiger partial charge in [0.25, 0.3) is 5.91 Å². The van der Waals surface area contributed by atoms with Crippen molar-refractivity contribution in [1.82, 2.24) is 15.3 Å². The molecule has 1 rings (SSSR count). The van der Waals surface area contributed by atoms with Crippen LogP contribution in [0.25, 0.3) is 0 Å². The number of anilines is 1. The van der Waals surface area contributed by atoms with Crippen molar-refractivity contribution in [2.75, 3.05) is 11.9 Å². The lowest BCUT2D eigenvalue weighted by Crippen LogP contribution is -2.32. The molecule has 5 nitrogen and oxygen atoms in total. The van der Waals surface area contributed by atoms with E-state index in [0.717, 1.165) is 13.0 Å². The number of amides is 1. The van der Waals surface area contributed by atoms with Crippen molar-refractivity contribution >= 4 is 11.6 Å². The van der Waals surface area contributed by atoms with Gasteiger partial charge in [0.05, 0.1) is 11.9 Å². The molecule has 0 aliphatic heterocycles. The van der Waals surface area contributed by atoms with E-state index in [2.05, 4.69) is 27.5 Å². The lowest BCUT2D eigenvalue weighted by molar-refractivity contribution is 0.0938. The fourth-order valence-electron chi connectivity index (χ4n) is 1.57. The van der Waals surface area contributed by atoms with Gasteiger partial charge in [-0.15, -0.1) is 0 Å². The van der Waals surface area contributed by atoms with E-state index in [9.17, 15) is 4.79 Å². The van der Waals surface area contributed by atoms with Crippen molar-refractivity contribution in [1.29, 1.82) is 0 Å². The van der Waals surface area contributed by atoms with E-state index in [4.69, 9.17) is 0 Å². The van der Waals surface area contributed by atoms with Crippen LogP contribution in [0.1, 0.15) is 63.3 Å². The van der Waals surface area contributed by atoms with Crippen LogP contribution in [0.5, 0.6) is 0 Å². The SMILES string of the molecule is CCCNc1cnc(C(C)C)nc1C(=O)NC(C)C. The number of rotatable bonds is 6. The summed E-state index contributed by atoms with van der Waals surface area (Å²) in [5, 5.41) is 6.07. The molecule has 0 spiro atoms. The number of nitrogens with zero attached hydrogens (tertiary/aromatic N) is 2. The van der Waals surface area contributed by atoms with Gasteiger partial charge in [-0.05, 0) is 20.3 Å². The maximum absolute atomic E-state index is 12.2. The van der Waals surface area contributed by atoms with Crippen molar-refractivity contribution < 1.29 is 4.79 Å². The zero-order valence-electron chi connectivity index (χ0n) is 12.4. The summed E-state index contributed by atoms with van der Waals surface area (Å²) in [6.45, 7) is 10.8. The Morgan fingerprint density at radius 1 is 1.32 bits per heavy atom. The smallest absolute Gasteiger partial charge is 0.272 e. The molecule has 1 heterocycles. The van der Waals surface area contributed by atoms with E-state index in [1.807, 2.05) is 27.7 Å².